The Hall–Kier alpha value is -0.370. The van der Waals surface area contributed by atoms with Crippen LogP contribution in [0.2, 0.25) is 0 Å². The maximum atomic E-state index is 3.93. The summed E-state index contributed by atoms with van der Waals surface area (Å²) in [5.41, 5.74) is 1.22. The molecule has 0 radical (unpaired) electrons. The molecule has 0 unspecified atom stereocenters. The second kappa shape index (κ2) is 3.71. The van der Waals surface area contributed by atoms with Crippen LogP contribution in [-0.2, 0) is 0 Å². The highest BCUT2D eigenvalue weighted by Gasteiger charge is 2.11. The lowest BCUT2D eigenvalue weighted by Gasteiger charge is -2.10. The molecule has 1 N–H and O–H groups in total. The van der Waals surface area contributed by atoms with Crippen LogP contribution in [0.4, 0.5) is 0 Å². The highest BCUT2D eigenvalue weighted by molar-refractivity contribution is 7.98. The fourth-order valence-electron chi connectivity index (χ4n) is 0.999. The van der Waals surface area contributed by atoms with Crippen LogP contribution < -0.4 is 5.32 Å². The highest BCUT2D eigenvalue weighted by Crippen LogP contribution is 2.13. The predicted octanol–water partition coefficient (Wildman–Crippen LogP) is 1.78. The van der Waals surface area contributed by atoms with E-state index in [2.05, 4.69) is 18.2 Å². The van der Waals surface area contributed by atoms with Crippen molar-refractivity contribution in [3.63, 3.8) is 0 Å². The van der Waals surface area contributed by atoms with Crippen molar-refractivity contribution < 1.29 is 0 Å². The third-order valence-corrected chi connectivity index (χ3v) is 2.30. The first-order valence-electron chi connectivity index (χ1n) is 3.45. The van der Waals surface area contributed by atoms with E-state index < -0.39 is 0 Å². The average Bonchev–Trinajstić information content (AvgIpc) is 2.31. The number of nitrogens with one attached hydrogen (secondary N) is 1. The lowest BCUT2D eigenvalue weighted by atomic mass is 10.1. The second-order valence-corrected chi connectivity index (χ2v) is 3.39. The summed E-state index contributed by atoms with van der Waals surface area (Å²) in [6.45, 7) is 3.93. The van der Waals surface area contributed by atoms with E-state index in [9.17, 15) is 0 Å². The largest absolute Gasteiger partial charge is 0.384 e. The van der Waals surface area contributed by atoms with Crippen LogP contribution in [0.3, 0.4) is 0 Å². The number of hydrogen-bond donors (Lipinski definition) is 1. The van der Waals surface area contributed by atoms with Crippen LogP contribution in [0.5, 0.6) is 0 Å². The molecule has 0 saturated heterocycles. The van der Waals surface area contributed by atoms with E-state index in [0.29, 0.717) is 6.04 Å². The molecule has 1 nitrogen and oxygen atoms in total. The molecule has 1 heterocycles. The Labute approximate surface area is 66.6 Å². The first-order chi connectivity index (χ1) is 4.84. The van der Waals surface area contributed by atoms with Gasteiger partial charge in [-0.3, -0.25) is 0 Å². The standard InChI is InChI=1S/C8H13NS/c1-7-3-5-9-8(7)4-6-10-2/h3,5,8-9H,1,4,6H2,2H3/t8-/m0/s1. The second-order valence-electron chi connectivity index (χ2n) is 2.41. The van der Waals surface area contributed by atoms with Gasteiger partial charge < -0.3 is 5.32 Å². The first-order valence-corrected chi connectivity index (χ1v) is 4.84. The molecule has 1 aliphatic rings. The first kappa shape index (κ1) is 7.73. The zero-order chi connectivity index (χ0) is 7.40. The smallest absolute Gasteiger partial charge is 0.0511 e. The Morgan fingerprint density at radius 3 is 3.10 bits per heavy atom. The SMILES string of the molecule is C=C1C=CN[C@H]1CCSC. The van der Waals surface area contributed by atoms with Crippen molar-refractivity contribution in [1.82, 2.24) is 5.32 Å². The van der Waals surface area contributed by atoms with E-state index in [4.69, 9.17) is 0 Å². The lowest BCUT2D eigenvalue weighted by molar-refractivity contribution is 0.687. The molecule has 0 aromatic heterocycles. The molecule has 0 saturated carbocycles. The van der Waals surface area contributed by atoms with Gasteiger partial charge in [0.1, 0.15) is 0 Å². The van der Waals surface area contributed by atoms with Crippen LogP contribution in [0.1, 0.15) is 6.42 Å². The quantitative estimate of drug-likeness (QED) is 0.666. The molecule has 1 aliphatic heterocycles. The Bertz CT molecular complexity index is 151. The van der Waals surface area contributed by atoms with Gasteiger partial charge in [-0.05, 0) is 36.3 Å². The zero-order valence-corrected chi connectivity index (χ0v) is 7.08. The third kappa shape index (κ3) is 1.81. The monoisotopic (exact) mass is 155 g/mol. The number of rotatable bonds is 3. The van der Waals surface area contributed by atoms with E-state index in [1.807, 2.05) is 24.0 Å². The molecule has 2 heteroatoms. The van der Waals surface area contributed by atoms with E-state index in [1.54, 1.807) is 0 Å². The molecular formula is C8H13NS. The van der Waals surface area contributed by atoms with Gasteiger partial charge in [-0.25, -0.2) is 0 Å². The summed E-state index contributed by atoms with van der Waals surface area (Å²) < 4.78 is 0. The summed E-state index contributed by atoms with van der Waals surface area (Å²) in [6.07, 6.45) is 7.34. The van der Waals surface area contributed by atoms with Crippen molar-refractivity contribution in [3.8, 4) is 0 Å². The van der Waals surface area contributed by atoms with Crippen molar-refractivity contribution in [2.75, 3.05) is 12.0 Å². The Kier molecular flexibility index (Phi) is 2.87. The minimum absolute atomic E-state index is 0.507. The fourth-order valence-corrected chi connectivity index (χ4v) is 1.47. The van der Waals surface area contributed by atoms with Gasteiger partial charge in [0, 0.05) is 0 Å². The summed E-state index contributed by atoms with van der Waals surface area (Å²) in [5.74, 6) is 1.21. The van der Waals surface area contributed by atoms with Gasteiger partial charge in [-0.15, -0.1) is 0 Å². The summed E-state index contributed by atoms with van der Waals surface area (Å²) in [4.78, 5) is 0. The van der Waals surface area contributed by atoms with Gasteiger partial charge in [-0.2, -0.15) is 11.8 Å². The van der Waals surface area contributed by atoms with Gasteiger partial charge in [0.15, 0.2) is 0 Å². The molecule has 0 amide bonds. The van der Waals surface area contributed by atoms with Gasteiger partial charge in [0.05, 0.1) is 6.04 Å². The minimum atomic E-state index is 0.507. The average molecular weight is 155 g/mol. The van der Waals surface area contributed by atoms with Crippen molar-refractivity contribution in [2.24, 2.45) is 0 Å². The maximum Gasteiger partial charge on any atom is 0.0511 e. The van der Waals surface area contributed by atoms with Crippen LogP contribution in [-0.4, -0.2) is 18.1 Å². The summed E-state index contributed by atoms with van der Waals surface area (Å²) in [7, 11) is 0. The van der Waals surface area contributed by atoms with E-state index >= 15 is 0 Å². The molecule has 0 fully saturated rings. The summed E-state index contributed by atoms with van der Waals surface area (Å²) >= 11 is 1.88. The van der Waals surface area contributed by atoms with Crippen LogP contribution >= 0.6 is 11.8 Å². The number of hydrogen-bond acceptors (Lipinski definition) is 2. The van der Waals surface area contributed by atoms with E-state index in [0.717, 1.165) is 0 Å². The van der Waals surface area contributed by atoms with Crippen molar-refractivity contribution in [1.29, 1.82) is 0 Å². The Balaban J connectivity index is 2.24. The molecule has 0 bridgehead atoms. The van der Waals surface area contributed by atoms with Gasteiger partial charge in [0.25, 0.3) is 0 Å². The minimum Gasteiger partial charge on any atom is -0.384 e. The molecule has 0 aromatic carbocycles. The molecule has 1 rings (SSSR count). The Morgan fingerprint density at radius 1 is 1.80 bits per heavy atom. The van der Waals surface area contributed by atoms with E-state index in [-0.39, 0.29) is 0 Å². The summed E-state index contributed by atoms with van der Waals surface area (Å²) in [6, 6.07) is 0.507. The van der Waals surface area contributed by atoms with Gasteiger partial charge in [0.2, 0.25) is 0 Å². The van der Waals surface area contributed by atoms with Crippen molar-refractivity contribution in [3.05, 3.63) is 24.4 Å². The fraction of sp³-hybridized carbons (Fsp3) is 0.500. The Morgan fingerprint density at radius 2 is 2.60 bits per heavy atom. The van der Waals surface area contributed by atoms with Crippen molar-refractivity contribution in [2.45, 2.75) is 12.5 Å². The van der Waals surface area contributed by atoms with Crippen LogP contribution in [0.15, 0.2) is 24.4 Å². The normalized spacial score (nSPS) is 23.3. The molecule has 10 heavy (non-hydrogen) atoms. The topological polar surface area (TPSA) is 12.0 Å². The summed E-state index contributed by atoms with van der Waals surface area (Å²) in [5, 5.41) is 3.25. The van der Waals surface area contributed by atoms with Crippen molar-refractivity contribution >= 4 is 11.8 Å². The molecular weight excluding hydrogens is 142 g/mol. The van der Waals surface area contributed by atoms with Gasteiger partial charge in [-0.1, -0.05) is 6.58 Å². The molecule has 0 aromatic rings. The highest BCUT2D eigenvalue weighted by atomic mass is 32.2. The maximum absolute atomic E-state index is 3.93. The molecule has 0 aliphatic carbocycles. The lowest BCUT2D eigenvalue weighted by Crippen LogP contribution is -2.21. The van der Waals surface area contributed by atoms with E-state index in [1.165, 1.54) is 17.7 Å². The van der Waals surface area contributed by atoms with Crippen LogP contribution in [0.25, 0.3) is 0 Å². The molecule has 1 atom stereocenters. The predicted molar refractivity (Wildman–Crippen MR) is 48.2 cm³/mol. The third-order valence-electron chi connectivity index (χ3n) is 1.65. The van der Waals surface area contributed by atoms with Crippen LogP contribution in [0, 0.1) is 0 Å². The molecule has 56 valence electrons. The molecule has 0 spiro atoms. The zero-order valence-electron chi connectivity index (χ0n) is 6.26. The number of thioether (sulfide) groups is 1. The van der Waals surface area contributed by atoms with Gasteiger partial charge >= 0.3 is 0 Å².